The molecule has 0 N–H and O–H groups in total. The maximum absolute atomic E-state index is 5.21. The van der Waals surface area contributed by atoms with Gasteiger partial charge in [0.1, 0.15) is 0 Å². The fourth-order valence-corrected chi connectivity index (χ4v) is 10.1. The average Bonchev–Trinajstić information content (AvgIpc) is 3.82. The molecule has 0 fully saturated rings. The van der Waals surface area contributed by atoms with Crippen LogP contribution < -0.4 is 0 Å². The van der Waals surface area contributed by atoms with Gasteiger partial charge >= 0.3 is 0 Å². The monoisotopic (exact) mass is 799 g/mol. The maximum atomic E-state index is 5.21. The third-order valence-corrected chi connectivity index (χ3v) is 13.6. The first-order valence-electron chi connectivity index (χ1n) is 21.7. The van der Waals surface area contributed by atoms with E-state index in [9.17, 15) is 0 Å². The van der Waals surface area contributed by atoms with Gasteiger partial charge in [-0.05, 0) is 118 Å². The van der Waals surface area contributed by atoms with Crippen LogP contribution in [0.5, 0.6) is 0 Å². The van der Waals surface area contributed by atoms with Crippen LogP contribution in [0.15, 0.2) is 176 Å². The Kier molecular flexibility index (Phi) is 7.98. The van der Waals surface area contributed by atoms with Gasteiger partial charge in [0.25, 0.3) is 0 Å². The first-order valence-corrected chi connectivity index (χ1v) is 21.7. The van der Waals surface area contributed by atoms with Crippen molar-refractivity contribution >= 4 is 54.4 Å². The van der Waals surface area contributed by atoms with Gasteiger partial charge in [0.15, 0.2) is 17.5 Å². The molecule has 0 unspecified atom stereocenters. The molecule has 0 atom stereocenters. The van der Waals surface area contributed by atoms with Gasteiger partial charge in [0.2, 0.25) is 0 Å². The highest BCUT2D eigenvalue weighted by Crippen LogP contribution is 2.48. The topological polar surface area (TPSA) is 48.5 Å². The van der Waals surface area contributed by atoms with Crippen LogP contribution in [0.1, 0.15) is 51.7 Å². The third kappa shape index (κ3) is 5.72. The number of nitrogens with zero attached hydrogens (tertiary/aromatic N) is 5. The van der Waals surface area contributed by atoms with Crippen LogP contribution in [0.4, 0.5) is 0 Å². The molecule has 5 heteroatoms. The van der Waals surface area contributed by atoms with Gasteiger partial charge in [0, 0.05) is 49.6 Å². The zero-order chi connectivity index (χ0) is 41.7. The fourth-order valence-electron chi connectivity index (χ4n) is 10.1. The van der Waals surface area contributed by atoms with E-state index < -0.39 is 0 Å². The van der Waals surface area contributed by atoms with Gasteiger partial charge in [-0.2, -0.15) is 0 Å². The van der Waals surface area contributed by atoms with E-state index in [0.717, 1.165) is 55.3 Å². The van der Waals surface area contributed by atoms with E-state index in [1.807, 2.05) is 18.2 Å². The van der Waals surface area contributed by atoms with Crippen LogP contribution in [0.3, 0.4) is 0 Å². The molecule has 0 aliphatic heterocycles. The molecule has 0 saturated carbocycles. The normalized spacial score (nSPS) is 14.6. The molecule has 8 aromatic carbocycles. The van der Waals surface area contributed by atoms with E-state index in [4.69, 9.17) is 15.0 Å². The van der Waals surface area contributed by atoms with Gasteiger partial charge in [0.05, 0.1) is 22.1 Å². The molecule has 62 heavy (non-hydrogen) atoms. The molecular formula is C57H45N5. The third-order valence-electron chi connectivity index (χ3n) is 13.6. The van der Waals surface area contributed by atoms with E-state index in [1.54, 1.807) is 0 Å². The Hall–Kier alpha value is -7.37. The summed E-state index contributed by atoms with van der Waals surface area (Å²) in [5, 5.41) is 7.25. The fraction of sp³-hybridized carbons (Fsp3) is 0.140. The number of para-hydroxylation sites is 3. The molecule has 1 aliphatic rings. The minimum atomic E-state index is 0.116. The number of benzene rings is 8. The second-order valence-corrected chi connectivity index (χ2v) is 18.4. The zero-order valence-electron chi connectivity index (χ0n) is 35.4. The number of fused-ring (bicyclic) bond motifs is 8. The van der Waals surface area contributed by atoms with Crippen molar-refractivity contribution in [2.45, 2.75) is 51.4 Å². The molecule has 0 radical (unpaired) electrons. The number of rotatable bonds is 5. The largest absolute Gasteiger partial charge is 0.309 e. The van der Waals surface area contributed by atoms with Crippen molar-refractivity contribution in [1.82, 2.24) is 24.1 Å². The predicted octanol–water partition coefficient (Wildman–Crippen LogP) is 14.6. The average molecular weight is 800 g/mol. The van der Waals surface area contributed by atoms with Gasteiger partial charge in [-0.1, -0.05) is 131 Å². The van der Waals surface area contributed by atoms with Crippen LogP contribution in [0, 0.1) is 0 Å². The summed E-state index contributed by atoms with van der Waals surface area (Å²) in [5.41, 5.74) is 13.1. The molecule has 3 heterocycles. The number of hydrogen-bond donors (Lipinski definition) is 0. The Bertz CT molecular complexity index is 3570. The summed E-state index contributed by atoms with van der Waals surface area (Å²) in [6.45, 7) is 9.65. The molecule has 5 nitrogen and oxygen atoms in total. The first kappa shape index (κ1) is 36.5. The highest BCUT2D eigenvalue weighted by atomic mass is 15.0. The lowest BCUT2D eigenvalue weighted by Gasteiger charge is -2.42. The quantitative estimate of drug-likeness (QED) is 0.174. The van der Waals surface area contributed by atoms with Gasteiger partial charge in [-0.25, -0.2) is 15.0 Å². The highest BCUT2D eigenvalue weighted by molar-refractivity contribution is 6.11. The van der Waals surface area contributed by atoms with E-state index in [1.165, 1.54) is 51.2 Å². The molecule has 0 amide bonds. The Morgan fingerprint density at radius 1 is 0.355 bits per heavy atom. The lowest BCUT2D eigenvalue weighted by molar-refractivity contribution is 0.332. The predicted molar refractivity (Wildman–Crippen MR) is 258 cm³/mol. The van der Waals surface area contributed by atoms with Crippen LogP contribution in [-0.2, 0) is 10.8 Å². The van der Waals surface area contributed by atoms with Crippen LogP contribution in [0.2, 0.25) is 0 Å². The molecule has 1 aliphatic carbocycles. The lowest BCUT2D eigenvalue weighted by Crippen LogP contribution is -2.33. The summed E-state index contributed by atoms with van der Waals surface area (Å²) in [6, 6.07) is 63.3. The maximum Gasteiger partial charge on any atom is 0.164 e. The van der Waals surface area contributed by atoms with Crippen molar-refractivity contribution in [1.29, 1.82) is 0 Å². The minimum Gasteiger partial charge on any atom is -0.309 e. The Morgan fingerprint density at radius 3 is 1.52 bits per heavy atom. The molecule has 12 rings (SSSR count). The van der Waals surface area contributed by atoms with Crippen molar-refractivity contribution in [2.75, 3.05) is 0 Å². The second-order valence-electron chi connectivity index (χ2n) is 18.4. The summed E-state index contributed by atoms with van der Waals surface area (Å²) < 4.78 is 4.80. The van der Waals surface area contributed by atoms with Crippen LogP contribution in [0.25, 0.3) is 99.9 Å². The van der Waals surface area contributed by atoms with Gasteiger partial charge in [-0.3, -0.25) is 0 Å². The van der Waals surface area contributed by atoms with E-state index in [0.29, 0.717) is 17.5 Å². The summed E-state index contributed by atoms with van der Waals surface area (Å²) in [7, 11) is 0. The van der Waals surface area contributed by atoms with Gasteiger partial charge < -0.3 is 9.13 Å². The molecule has 298 valence electrons. The Labute approximate surface area is 361 Å². The van der Waals surface area contributed by atoms with Crippen molar-refractivity contribution in [3.8, 4) is 45.5 Å². The summed E-state index contributed by atoms with van der Waals surface area (Å²) in [5.74, 6) is 1.93. The van der Waals surface area contributed by atoms with Crippen molar-refractivity contribution < 1.29 is 0 Å². The van der Waals surface area contributed by atoms with Crippen LogP contribution in [-0.4, -0.2) is 24.1 Å². The second kappa shape index (κ2) is 13.6. The van der Waals surface area contributed by atoms with E-state index >= 15 is 0 Å². The minimum absolute atomic E-state index is 0.116. The number of hydrogen-bond acceptors (Lipinski definition) is 3. The van der Waals surface area contributed by atoms with Crippen LogP contribution >= 0.6 is 0 Å². The van der Waals surface area contributed by atoms with E-state index in [2.05, 4.69) is 195 Å². The molecule has 0 bridgehead atoms. The molecule has 3 aromatic heterocycles. The van der Waals surface area contributed by atoms with Crippen molar-refractivity contribution in [3.63, 3.8) is 0 Å². The highest BCUT2D eigenvalue weighted by Gasteiger charge is 2.38. The number of aromatic nitrogens is 5. The van der Waals surface area contributed by atoms with Crippen molar-refractivity contribution in [2.24, 2.45) is 0 Å². The SMILES string of the molecule is CC1(C)CCC(C)(C)c2cc3c(cc21)c1ccccc1n3-c1ccc2cc(-c3nc(-c4ccccc4)nc(-c4ccc5c(c4)c4ccccc4n5-c4ccccc4)n3)ccc2c1. The Balaban J connectivity index is 0.989. The molecule has 11 aromatic rings. The van der Waals surface area contributed by atoms with Crippen molar-refractivity contribution in [3.05, 3.63) is 187 Å². The zero-order valence-corrected chi connectivity index (χ0v) is 35.4. The summed E-state index contributed by atoms with van der Waals surface area (Å²) in [6.07, 6.45) is 2.38. The molecule has 0 spiro atoms. The summed E-state index contributed by atoms with van der Waals surface area (Å²) in [4.78, 5) is 15.4. The lowest BCUT2D eigenvalue weighted by atomic mass is 9.63. The first-order chi connectivity index (χ1) is 30.2. The van der Waals surface area contributed by atoms with Gasteiger partial charge in [-0.15, -0.1) is 0 Å². The smallest absolute Gasteiger partial charge is 0.164 e. The summed E-state index contributed by atoms with van der Waals surface area (Å²) >= 11 is 0. The molecule has 0 saturated heterocycles. The van der Waals surface area contributed by atoms with E-state index in [-0.39, 0.29) is 10.8 Å². The standard InChI is InChI=1S/C57H45N5/c1-56(2)29-30-57(3,4)48-35-52-46(34-47(48)56)44-20-12-14-22-50(44)62(52)42-27-25-37-31-39(24-23-38(37)32-42)54-58-53(36-15-7-5-8-16-36)59-55(60-54)40-26-28-51-45(33-40)43-19-11-13-21-49(43)61(51)41-17-9-6-10-18-41/h5-28,31-35H,29-30H2,1-4H3. The molecular weight excluding hydrogens is 755 g/mol. The Morgan fingerprint density at radius 2 is 0.839 bits per heavy atom.